The standard InChI is InChI=1S/C22H24N4O4S/c1-16(2)17-3-5-18(6-4-17)31(29,30)25-13-11-24(12-14-25)21-7-8-22(26(27)28)20-15-23-10-9-19(20)21/h3-10,15-16H,11-14H2,1-2H3. The van der Waals surface area contributed by atoms with Gasteiger partial charge in [0.15, 0.2) is 0 Å². The third kappa shape index (κ3) is 3.98. The molecule has 0 spiro atoms. The molecule has 9 heteroatoms. The highest BCUT2D eigenvalue weighted by Gasteiger charge is 2.29. The summed E-state index contributed by atoms with van der Waals surface area (Å²) in [5.74, 6) is 0.340. The Hall–Kier alpha value is -3.04. The molecule has 2 heterocycles. The maximum absolute atomic E-state index is 13.1. The number of nitrogens with zero attached hydrogens (tertiary/aromatic N) is 4. The molecule has 3 aromatic rings. The molecule has 1 aliphatic rings. The van der Waals surface area contributed by atoms with Crippen molar-refractivity contribution in [1.82, 2.24) is 9.29 Å². The number of hydrogen-bond acceptors (Lipinski definition) is 6. The summed E-state index contributed by atoms with van der Waals surface area (Å²) < 4.78 is 27.6. The van der Waals surface area contributed by atoms with Crippen LogP contribution in [0.2, 0.25) is 0 Å². The van der Waals surface area contributed by atoms with Crippen LogP contribution in [-0.2, 0) is 10.0 Å². The van der Waals surface area contributed by atoms with Gasteiger partial charge in [0.05, 0.1) is 15.2 Å². The molecule has 0 atom stereocenters. The van der Waals surface area contributed by atoms with Gasteiger partial charge in [-0.2, -0.15) is 4.31 Å². The number of anilines is 1. The zero-order valence-corrected chi connectivity index (χ0v) is 18.2. The van der Waals surface area contributed by atoms with Crippen molar-refractivity contribution < 1.29 is 13.3 Å². The fraction of sp³-hybridized carbons (Fsp3) is 0.318. The van der Waals surface area contributed by atoms with Crippen LogP contribution in [0.4, 0.5) is 11.4 Å². The Morgan fingerprint density at radius 2 is 1.65 bits per heavy atom. The van der Waals surface area contributed by atoms with E-state index in [4.69, 9.17) is 0 Å². The highest BCUT2D eigenvalue weighted by Crippen LogP contribution is 2.33. The van der Waals surface area contributed by atoms with Crippen molar-refractivity contribution in [3.05, 3.63) is 70.5 Å². The molecule has 1 fully saturated rings. The van der Waals surface area contributed by atoms with Crippen LogP contribution in [0.3, 0.4) is 0 Å². The fourth-order valence-corrected chi connectivity index (χ4v) is 5.36. The fourth-order valence-electron chi connectivity index (χ4n) is 3.94. The van der Waals surface area contributed by atoms with Crippen LogP contribution in [0.25, 0.3) is 10.8 Å². The largest absolute Gasteiger partial charge is 0.368 e. The Balaban J connectivity index is 1.55. The number of nitro groups is 1. The Morgan fingerprint density at radius 3 is 2.26 bits per heavy atom. The second-order valence-corrected chi connectivity index (χ2v) is 9.83. The molecule has 1 aliphatic heterocycles. The molecule has 0 unspecified atom stereocenters. The van der Waals surface area contributed by atoms with E-state index in [9.17, 15) is 18.5 Å². The van der Waals surface area contributed by atoms with Crippen molar-refractivity contribution in [2.24, 2.45) is 0 Å². The van der Waals surface area contributed by atoms with E-state index in [1.54, 1.807) is 30.5 Å². The van der Waals surface area contributed by atoms with Gasteiger partial charge in [-0.25, -0.2) is 8.42 Å². The van der Waals surface area contributed by atoms with Crippen molar-refractivity contribution in [3.8, 4) is 0 Å². The topological polar surface area (TPSA) is 96.7 Å². The predicted octanol–water partition coefficient (Wildman–Crippen LogP) is 3.78. The van der Waals surface area contributed by atoms with Gasteiger partial charge in [0.1, 0.15) is 0 Å². The van der Waals surface area contributed by atoms with Crippen LogP contribution < -0.4 is 4.90 Å². The molecule has 0 saturated carbocycles. The number of hydrogen-bond donors (Lipinski definition) is 0. The normalized spacial score (nSPS) is 15.5. The molecule has 1 aromatic heterocycles. The first-order chi connectivity index (χ1) is 14.8. The van der Waals surface area contributed by atoms with Gasteiger partial charge >= 0.3 is 0 Å². The third-order valence-electron chi connectivity index (χ3n) is 5.73. The van der Waals surface area contributed by atoms with Crippen LogP contribution >= 0.6 is 0 Å². The second kappa shape index (κ2) is 8.24. The van der Waals surface area contributed by atoms with Crippen LogP contribution in [0.1, 0.15) is 25.3 Å². The van der Waals surface area contributed by atoms with Crippen molar-refractivity contribution in [2.45, 2.75) is 24.7 Å². The first-order valence-corrected chi connectivity index (χ1v) is 11.6. The van der Waals surface area contributed by atoms with Crippen molar-refractivity contribution in [1.29, 1.82) is 0 Å². The summed E-state index contributed by atoms with van der Waals surface area (Å²) in [4.78, 5) is 17.3. The zero-order valence-electron chi connectivity index (χ0n) is 17.4. The van der Waals surface area contributed by atoms with E-state index in [1.165, 1.54) is 16.6 Å². The summed E-state index contributed by atoms with van der Waals surface area (Å²) in [6.07, 6.45) is 3.11. The minimum absolute atomic E-state index is 0.0120. The number of aromatic nitrogens is 1. The third-order valence-corrected chi connectivity index (χ3v) is 7.65. The molecule has 0 radical (unpaired) electrons. The Kier molecular flexibility index (Phi) is 5.63. The van der Waals surface area contributed by atoms with Gasteiger partial charge in [0.2, 0.25) is 10.0 Å². The number of rotatable bonds is 5. The minimum Gasteiger partial charge on any atom is -0.368 e. The molecule has 0 N–H and O–H groups in total. The van der Waals surface area contributed by atoms with Crippen molar-refractivity contribution in [2.75, 3.05) is 31.1 Å². The SMILES string of the molecule is CC(C)c1ccc(S(=O)(=O)N2CCN(c3ccc([N+](=O)[O-])c4cnccc34)CC2)cc1. The zero-order chi connectivity index (χ0) is 22.2. The van der Waals surface area contributed by atoms with E-state index < -0.39 is 14.9 Å². The molecular weight excluding hydrogens is 416 g/mol. The predicted molar refractivity (Wildman–Crippen MR) is 120 cm³/mol. The number of fused-ring (bicyclic) bond motifs is 1. The summed E-state index contributed by atoms with van der Waals surface area (Å²) in [5, 5.41) is 12.6. The van der Waals surface area contributed by atoms with Crippen LogP contribution in [0.15, 0.2) is 59.8 Å². The van der Waals surface area contributed by atoms with Gasteiger partial charge in [-0.05, 0) is 35.7 Å². The lowest BCUT2D eigenvalue weighted by molar-refractivity contribution is -0.383. The molecule has 4 rings (SSSR count). The lowest BCUT2D eigenvalue weighted by Gasteiger charge is -2.36. The number of benzene rings is 2. The monoisotopic (exact) mass is 440 g/mol. The summed E-state index contributed by atoms with van der Waals surface area (Å²) in [5.41, 5.74) is 1.96. The van der Waals surface area contributed by atoms with Crippen LogP contribution in [0.5, 0.6) is 0 Å². The number of nitro benzene ring substituents is 1. The lowest BCUT2D eigenvalue weighted by atomic mass is 10.0. The smallest absolute Gasteiger partial charge is 0.278 e. The van der Waals surface area contributed by atoms with E-state index >= 15 is 0 Å². The minimum atomic E-state index is -3.56. The average molecular weight is 441 g/mol. The first-order valence-electron chi connectivity index (χ1n) is 10.1. The quantitative estimate of drug-likeness (QED) is 0.442. The maximum Gasteiger partial charge on any atom is 0.278 e. The van der Waals surface area contributed by atoms with E-state index in [-0.39, 0.29) is 5.69 Å². The summed E-state index contributed by atoms with van der Waals surface area (Å²) >= 11 is 0. The van der Waals surface area contributed by atoms with Gasteiger partial charge in [0.25, 0.3) is 5.69 Å². The first kappa shape index (κ1) is 21.2. The van der Waals surface area contributed by atoms with Crippen LogP contribution in [-0.4, -0.2) is 48.8 Å². The van der Waals surface area contributed by atoms with E-state index in [1.807, 2.05) is 12.1 Å². The van der Waals surface area contributed by atoms with Gasteiger partial charge in [-0.1, -0.05) is 26.0 Å². The molecule has 1 saturated heterocycles. The van der Waals surface area contributed by atoms with Crippen molar-refractivity contribution >= 4 is 32.2 Å². The van der Waals surface area contributed by atoms with Gasteiger partial charge < -0.3 is 4.90 Å². The number of sulfonamides is 1. The molecule has 162 valence electrons. The van der Waals surface area contributed by atoms with E-state index in [0.717, 1.165) is 16.6 Å². The second-order valence-electron chi connectivity index (χ2n) is 7.90. The molecular formula is C22H24N4O4S. The van der Waals surface area contributed by atoms with Crippen molar-refractivity contribution in [3.63, 3.8) is 0 Å². The van der Waals surface area contributed by atoms with E-state index in [2.05, 4.69) is 23.7 Å². The lowest BCUT2D eigenvalue weighted by Crippen LogP contribution is -2.48. The summed E-state index contributed by atoms with van der Waals surface area (Å²) in [7, 11) is -3.56. The van der Waals surface area contributed by atoms with E-state index in [0.29, 0.717) is 42.4 Å². The Bertz CT molecular complexity index is 1220. The molecule has 8 nitrogen and oxygen atoms in total. The molecule has 2 aromatic carbocycles. The molecule has 31 heavy (non-hydrogen) atoms. The maximum atomic E-state index is 13.1. The number of piperazine rings is 1. The summed E-state index contributed by atoms with van der Waals surface area (Å²) in [6, 6.07) is 12.1. The molecule has 0 amide bonds. The van der Waals surface area contributed by atoms with Crippen LogP contribution in [0, 0.1) is 10.1 Å². The Labute approximate surface area is 181 Å². The average Bonchev–Trinajstić information content (AvgIpc) is 2.78. The van der Waals surface area contributed by atoms with Gasteiger partial charge in [-0.15, -0.1) is 0 Å². The number of non-ortho nitro benzene ring substituents is 1. The molecule has 0 bridgehead atoms. The Morgan fingerprint density at radius 1 is 0.968 bits per heavy atom. The van der Waals surface area contributed by atoms with Gasteiger partial charge in [-0.3, -0.25) is 15.1 Å². The van der Waals surface area contributed by atoms with Gasteiger partial charge in [0, 0.05) is 55.7 Å². The highest BCUT2D eigenvalue weighted by atomic mass is 32.2. The summed E-state index contributed by atoms with van der Waals surface area (Å²) in [6.45, 7) is 5.83. The molecule has 0 aliphatic carbocycles. The number of pyridine rings is 1. The highest BCUT2D eigenvalue weighted by molar-refractivity contribution is 7.89.